The van der Waals surface area contributed by atoms with Gasteiger partial charge in [0.25, 0.3) is 0 Å². The average Bonchev–Trinajstić information content (AvgIpc) is 2.40. The molecule has 1 N–H and O–H groups in total. The van der Waals surface area contributed by atoms with Crippen molar-refractivity contribution < 1.29 is 0 Å². The molecule has 11 heavy (non-hydrogen) atoms. The Morgan fingerprint density at radius 2 is 1.73 bits per heavy atom. The number of fused-ring (bicyclic) bond motifs is 1. The van der Waals surface area contributed by atoms with Crippen molar-refractivity contribution >= 4 is 0 Å². The van der Waals surface area contributed by atoms with Gasteiger partial charge >= 0.3 is 0 Å². The van der Waals surface area contributed by atoms with E-state index in [1.807, 2.05) is 0 Å². The molecular formula is C9H18N2. The molecule has 0 aromatic rings. The fourth-order valence-electron chi connectivity index (χ4n) is 2.31. The number of nitrogens with zero attached hydrogens (tertiary/aromatic N) is 1. The summed E-state index contributed by atoms with van der Waals surface area (Å²) in [6, 6.07) is 0.751. The van der Waals surface area contributed by atoms with Gasteiger partial charge in [-0.2, -0.15) is 0 Å². The van der Waals surface area contributed by atoms with Crippen molar-refractivity contribution in [2.24, 2.45) is 11.8 Å². The Balaban J connectivity index is 1.94. The lowest BCUT2D eigenvalue weighted by Crippen LogP contribution is -2.31. The van der Waals surface area contributed by atoms with Crippen molar-refractivity contribution in [3.63, 3.8) is 0 Å². The van der Waals surface area contributed by atoms with E-state index < -0.39 is 0 Å². The molecule has 2 atom stereocenters. The minimum atomic E-state index is 0.751. The highest BCUT2D eigenvalue weighted by Gasteiger charge is 2.36. The molecule has 2 fully saturated rings. The zero-order valence-corrected chi connectivity index (χ0v) is 7.51. The summed E-state index contributed by atoms with van der Waals surface area (Å²) in [5.41, 5.74) is 0. The van der Waals surface area contributed by atoms with E-state index >= 15 is 0 Å². The largest absolute Gasteiger partial charge is 0.316 e. The fraction of sp³-hybridized carbons (Fsp3) is 1.00. The summed E-state index contributed by atoms with van der Waals surface area (Å²) in [5.74, 6) is 1.91. The van der Waals surface area contributed by atoms with E-state index in [1.165, 1.54) is 26.2 Å². The lowest BCUT2D eigenvalue weighted by atomic mass is 10.0. The second kappa shape index (κ2) is 2.76. The van der Waals surface area contributed by atoms with Crippen molar-refractivity contribution in [1.82, 2.24) is 10.2 Å². The molecule has 1 unspecified atom stereocenters. The maximum Gasteiger partial charge on any atom is 0.00388 e. The van der Waals surface area contributed by atoms with Crippen LogP contribution in [0.1, 0.15) is 13.8 Å². The van der Waals surface area contributed by atoms with E-state index in [1.54, 1.807) is 0 Å². The Kier molecular flexibility index (Phi) is 1.90. The molecule has 2 rings (SSSR count). The van der Waals surface area contributed by atoms with Crippen LogP contribution in [0, 0.1) is 11.8 Å². The Morgan fingerprint density at radius 3 is 2.18 bits per heavy atom. The van der Waals surface area contributed by atoms with Crippen molar-refractivity contribution in [2.45, 2.75) is 19.9 Å². The van der Waals surface area contributed by atoms with Crippen LogP contribution >= 0.6 is 0 Å². The number of nitrogens with one attached hydrogen (secondary N) is 1. The van der Waals surface area contributed by atoms with Gasteiger partial charge in [0.2, 0.25) is 0 Å². The number of hydrogen-bond donors (Lipinski definition) is 1. The maximum absolute atomic E-state index is 3.46. The molecule has 0 aromatic heterocycles. The lowest BCUT2D eigenvalue weighted by molar-refractivity contribution is 0.256. The van der Waals surface area contributed by atoms with Gasteiger partial charge in [-0.15, -0.1) is 0 Å². The maximum atomic E-state index is 3.46. The molecule has 2 nitrogen and oxygen atoms in total. The molecule has 2 heterocycles. The first-order valence-corrected chi connectivity index (χ1v) is 4.72. The first kappa shape index (κ1) is 7.56. The van der Waals surface area contributed by atoms with Crippen molar-refractivity contribution in [2.75, 3.05) is 26.2 Å². The summed E-state index contributed by atoms with van der Waals surface area (Å²) in [7, 11) is 0. The van der Waals surface area contributed by atoms with Crippen molar-refractivity contribution in [3.8, 4) is 0 Å². The van der Waals surface area contributed by atoms with Gasteiger partial charge in [-0.3, -0.25) is 0 Å². The minimum Gasteiger partial charge on any atom is -0.316 e. The molecular weight excluding hydrogens is 136 g/mol. The van der Waals surface area contributed by atoms with Gasteiger partial charge < -0.3 is 10.2 Å². The predicted molar refractivity (Wildman–Crippen MR) is 46.6 cm³/mol. The van der Waals surface area contributed by atoms with Crippen LogP contribution in [0.25, 0.3) is 0 Å². The third-order valence-corrected chi connectivity index (χ3v) is 3.15. The molecule has 0 spiro atoms. The second-order valence-electron chi connectivity index (χ2n) is 4.23. The topological polar surface area (TPSA) is 15.3 Å². The molecule has 0 aromatic carbocycles. The van der Waals surface area contributed by atoms with Crippen LogP contribution in [0.2, 0.25) is 0 Å². The number of rotatable bonds is 1. The van der Waals surface area contributed by atoms with E-state index in [2.05, 4.69) is 24.1 Å². The van der Waals surface area contributed by atoms with Gasteiger partial charge in [0.15, 0.2) is 0 Å². The highest BCUT2D eigenvalue weighted by atomic mass is 15.2. The van der Waals surface area contributed by atoms with Crippen LogP contribution in [0.5, 0.6) is 0 Å². The van der Waals surface area contributed by atoms with Gasteiger partial charge in [0, 0.05) is 19.1 Å². The molecule has 0 bridgehead atoms. The zero-order valence-electron chi connectivity index (χ0n) is 7.51. The quantitative estimate of drug-likeness (QED) is 0.593. The van der Waals surface area contributed by atoms with Gasteiger partial charge in [-0.1, -0.05) is 0 Å². The van der Waals surface area contributed by atoms with E-state index in [0.717, 1.165) is 17.9 Å². The third-order valence-electron chi connectivity index (χ3n) is 3.15. The molecule has 2 aliphatic rings. The summed E-state index contributed by atoms with van der Waals surface area (Å²) in [6.45, 7) is 9.77. The standard InChI is InChI=1S/C9H18N2/c1-7(2)11-5-8-3-10-4-9(8)6-11/h7-10H,3-6H2,1-2H3/t8-,9?/m0/s1. The lowest BCUT2D eigenvalue weighted by Gasteiger charge is -2.20. The second-order valence-corrected chi connectivity index (χ2v) is 4.23. The monoisotopic (exact) mass is 154 g/mol. The molecule has 2 saturated heterocycles. The van der Waals surface area contributed by atoms with Crippen LogP contribution in [0.4, 0.5) is 0 Å². The highest BCUT2D eigenvalue weighted by molar-refractivity contribution is 4.91. The summed E-state index contributed by atoms with van der Waals surface area (Å²) < 4.78 is 0. The normalized spacial score (nSPS) is 38.5. The van der Waals surface area contributed by atoms with Crippen LogP contribution in [0.3, 0.4) is 0 Å². The molecule has 2 aliphatic heterocycles. The fourth-order valence-corrected chi connectivity index (χ4v) is 2.31. The third kappa shape index (κ3) is 1.30. The SMILES string of the molecule is CC(C)N1CC2CNC[C@H]2C1. The van der Waals surface area contributed by atoms with E-state index in [9.17, 15) is 0 Å². The predicted octanol–water partition coefficient (Wildman–Crippen LogP) is 0.546. The minimum absolute atomic E-state index is 0.751. The van der Waals surface area contributed by atoms with E-state index in [-0.39, 0.29) is 0 Å². The molecule has 2 heteroatoms. The summed E-state index contributed by atoms with van der Waals surface area (Å²) >= 11 is 0. The van der Waals surface area contributed by atoms with Gasteiger partial charge in [-0.25, -0.2) is 0 Å². The summed E-state index contributed by atoms with van der Waals surface area (Å²) in [4.78, 5) is 2.61. The van der Waals surface area contributed by atoms with E-state index in [0.29, 0.717) is 0 Å². The first-order valence-electron chi connectivity index (χ1n) is 4.72. The number of likely N-dealkylation sites (tertiary alicyclic amines) is 1. The Hall–Kier alpha value is -0.0800. The Labute approximate surface area is 69.0 Å². The Morgan fingerprint density at radius 1 is 1.18 bits per heavy atom. The van der Waals surface area contributed by atoms with Gasteiger partial charge in [0.1, 0.15) is 0 Å². The summed E-state index contributed by atoms with van der Waals surface area (Å²) in [5, 5.41) is 3.46. The van der Waals surface area contributed by atoms with Gasteiger partial charge in [0.05, 0.1) is 0 Å². The zero-order chi connectivity index (χ0) is 7.84. The van der Waals surface area contributed by atoms with Crippen LogP contribution < -0.4 is 5.32 Å². The van der Waals surface area contributed by atoms with Crippen molar-refractivity contribution in [3.05, 3.63) is 0 Å². The molecule has 64 valence electrons. The van der Waals surface area contributed by atoms with Crippen molar-refractivity contribution in [1.29, 1.82) is 0 Å². The number of hydrogen-bond acceptors (Lipinski definition) is 2. The van der Waals surface area contributed by atoms with Crippen LogP contribution in [-0.4, -0.2) is 37.1 Å². The van der Waals surface area contributed by atoms with Gasteiger partial charge in [-0.05, 0) is 38.8 Å². The molecule has 0 aliphatic carbocycles. The Bertz CT molecular complexity index is 132. The molecule has 0 saturated carbocycles. The summed E-state index contributed by atoms with van der Waals surface area (Å²) in [6.07, 6.45) is 0. The van der Waals surface area contributed by atoms with Crippen LogP contribution in [-0.2, 0) is 0 Å². The molecule has 0 amide bonds. The first-order chi connectivity index (χ1) is 5.27. The average molecular weight is 154 g/mol. The smallest absolute Gasteiger partial charge is 0.00388 e. The highest BCUT2D eigenvalue weighted by Crippen LogP contribution is 2.27. The molecule has 0 radical (unpaired) electrons. The van der Waals surface area contributed by atoms with Crippen LogP contribution in [0.15, 0.2) is 0 Å². The van der Waals surface area contributed by atoms with E-state index in [4.69, 9.17) is 0 Å².